The number of piperidine rings is 1. The van der Waals surface area contributed by atoms with Crippen molar-refractivity contribution in [2.24, 2.45) is 5.92 Å². The average molecular weight is 477 g/mol. The van der Waals surface area contributed by atoms with Crippen LogP contribution in [0.15, 0.2) is 0 Å². The summed E-state index contributed by atoms with van der Waals surface area (Å²) in [6.45, 7) is 5.76. The van der Waals surface area contributed by atoms with E-state index in [0.717, 1.165) is 4.90 Å². The molecule has 0 spiro atoms. The average Bonchev–Trinajstić information content (AvgIpc) is 3.24. The molecule has 3 N–H and O–H groups in total. The number of ether oxygens (including phenoxy) is 1. The number of rotatable bonds is 4. The number of amides is 5. The Morgan fingerprint density at radius 1 is 1.06 bits per heavy atom. The van der Waals surface area contributed by atoms with E-state index in [0.29, 0.717) is 18.0 Å². The third-order valence-corrected chi connectivity index (χ3v) is 5.67. The third kappa shape index (κ3) is 5.58. The molecule has 3 aliphatic rings. The van der Waals surface area contributed by atoms with Gasteiger partial charge in [0.1, 0.15) is 11.6 Å². The van der Waals surface area contributed by atoms with Crippen molar-refractivity contribution in [1.82, 2.24) is 25.7 Å². The first-order valence-corrected chi connectivity index (χ1v) is 11.5. The van der Waals surface area contributed by atoms with E-state index >= 15 is 0 Å². The lowest BCUT2D eigenvalue weighted by Gasteiger charge is -2.29. The molecule has 15 heteroatoms. The van der Waals surface area contributed by atoms with Crippen LogP contribution in [0.4, 0.5) is 9.59 Å². The van der Waals surface area contributed by atoms with Crippen molar-refractivity contribution < 1.29 is 41.2 Å². The highest BCUT2D eigenvalue weighted by atomic mass is 32.3. The van der Waals surface area contributed by atoms with Crippen molar-refractivity contribution in [3.8, 4) is 0 Å². The van der Waals surface area contributed by atoms with Crippen LogP contribution in [0.3, 0.4) is 0 Å². The van der Waals surface area contributed by atoms with Gasteiger partial charge in [-0.3, -0.25) is 25.0 Å². The Balaban J connectivity index is 1.49. The van der Waals surface area contributed by atoms with Crippen LogP contribution in [-0.4, -0.2) is 89.1 Å². The zero-order valence-corrected chi connectivity index (χ0v) is 18.8. The Hall–Kier alpha value is -2.65. The zero-order chi connectivity index (χ0) is 23.8. The summed E-state index contributed by atoms with van der Waals surface area (Å²) in [6, 6.07) is -2.45. The van der Waals surface area contributed by atoms with Crippen molar-refractivity contribution in [2.75, 3.05) is 19.6 Å². The van der Waals surface area contributed by atoms with Gasteiger partial charge in [0.25, 0.3) is 5.91 Å². The largest absolute Gasteiger partial charge is 0.444 e. The van der Waals surface area contributed by atoms with Crippen LogP contribution < -0.4 is 10.9 Å². The SMILES string of the molecule is CC(C)(C)OC(=O)N1CC[C@@H](C(=O)NNC(=O)[C@H]2CC[C@@H]3CN2C(=O)N3OS(=O)(=O)O)C1. The minimum absolute atomic E-state index is 0.0356. The number of fused-ring (bicyclic) bond motifs is 2. The number of hydrogen-bond acceptors (Lipinski definition) is 8. The van der Waals surface area contributed by atoms with E-state index in [1.807, 2.05) is 0 Å². The highest BCUT2D eigenvalue weighted by Gasteiger charge is 2.49. The molecule has 0 unspecified atom stereocenters. The van der Waals surface area contributed by atoms with Crippen LogP contribution in [0.5, 0.6) is 0 Å². The molecule has 3 rings (SSSR count). The molecule has 3 heterocycles. The summed E-state index contributed by atoms with van der Waals surface area (Å²) in [4.78, 5) is 52.0. The van der Waals surface area contributed by atoms with E-state index < -0.39 is 57.9 Å². The summed E-state index contributed by atoms with van der Waals surface area (Å²) in [5.41, 5.74) is 3.95. The zero-order valence-electron chi connectivity index (χ0n) is 17.9. The van der Waals surface area contributed by atoms with Gasteiger partial charge in [-0.15, -0.1) is 4.28 Å². The molecule has 32 heavy (non-hydrogen) atoms. The molecule has 5 amide bonds. The Morgan fingerprint density at radius 2 is 1.72 bits per heavy atom. The van der Waals surface area contributed by atoms with Crippen molar-refractivity contribution in [3.05, 3.63) is 0 Å². The van der Waals surface area contributed by atoms with Gasteiger partial charge in [0.05, 0.1) is 12.0 Å². The van der Waals surface area contributed by atoms with Crippen molar-refractivity contribution in [2.45, 2.75) is 57.7 Å². The van der Waals surface area contributed by atoms with E-state index in [1.54, 1.807) is 20.8 Å². The molecule has 3 fully saturated rings. The van der Waals surface area contributed by atoms with Crippen molar-refractivity contribution in [1.29, 1.82) is 0 Å². The number of nitrogens with one attached hydrogen (secondary N) is 2. The van der Waals surface area contributed by atoms with Gasteiger partial charge in [0.15, 0.2) is 0 Å². The number of carbonyl (C=O) groups is 4. The molecule has 2 bridgehead atoms. The predicted octanol–water partition coefficient (Wildman–Crippen LogP) is -0.606. The number of hydrogen-bond donors (Lipinski definition) is 3. The molecule has 0 aromatic carbocycles. The number of urea groups is 1. The van der Waals surface area contributed by atoms with Gasteiger partial charge in [-0.1, -0.05) is 0 Å². The molecule has 3 aliphatic heterocycles. The van der Waals surface area contributed by atoms with Gasteiger partial charge in [-0.25, -0.2) is 9.59 Å². The summed E-state index contributed by atoms with van der Waals surface area (Å²) in [5, 5.41) is 0.533. The van der Waals surface area contributed by atoms with E-state index in [2.05, 4.69) is 15.1 Å². The fourth-order valence-corrected chi connectivity index (χ4v) is 4.27. The van der Waals surface area contributed by atoms with E-state index in [1.165, 1.54) is 4.90 Å². The van der Waals surface area contributed by atoms with E-state index in [4.69, 9.17) is 9.29 Å². The molecule has 0 aromatic rings. The normalized spacial score (nSPS) is 25.7. The smallest absolute Gasteiger partial charge is 0.418 e. The number of likely N-dealkylation sites (tertiary alicyclic amines) is 1. The van der Waals surface area contributed by atoms with Gasteiger partial charge in [-0.2, -0.15) is 13.5 Å². The molecular formula is C17H27N5O9S. The summed E-state index contributed by atoms with van der Waals surface area (Å²) in [6.07, 6.45) is 0.354. The molecule has 3 atom stereocenters. The summed E-state index contributed by atoms with van der Waals surface area (Å²) >= 11 is 0. The number of carbonyl (C=O) groups excluding carboxylic acids is 4. The minimum atomic E-state index is -4.88. The van der Waals surface area contributed by atoms with Crippen LogP contribution in [-0.2, 0) is 29.0 Å². The maximum atomic E-state index is 12.5. The Labute approximate surface area is 185 Å². The Kier molecular flexibility index (Phi) is 6.53. The van der Waals surface area contributed by atoms with Gasteiger partial charge in [-0.05, 0) is 40.0 Å². The lowest BCUT2D eigenvalue weighted by atomic mass is 10.0. The highest BCUT2D eigenvalue weighted by molar-refractivity contribution is 7.80. The number of nitrogens with zero attached hydrogens (tertiary/aromatic N) is 3. The number of hydroxylamine groups is 2. The van der Waals surface area contributed by atoms with E-state index in [-0.39, 0.29) is 25.9 Å². The standard InChI is InChI=1S/C17H27N5O9S/c1-17(2,3)30-16(26)20-7-6-10(8-20)13(23)18-19-14(24)12-5-4-11-9-21(12)15(25)22(11)31-32(27,28)29/h10-12H,4-9H2,1-3H3,(H,18,23)(H,19,24)(H,27,28,29)/t10-,11-,12-/m1/s1. The molecule has 0 radical (unpaired) electrons. The second-order valence-electron chi connectivity index (χ2n) is 8.90. The first-order chi connectivity index (χ1) is 14.7. The third-order valence-electron chi connectivity index (χ3n) is 5.32. The summed E-state index contributed by atoms with van der Waals surface area (Å²) in [5.74, 6) is -1.67. The number of hydrazine groups is 1. The van der Waals surface area contributed by atoms with Crippen LogP contribution in [0.1, 0.15) is 40.0 Å². The van der Waals surface area contributed by atoms with Gasteiger partial charge in [0, 0.05) is 19.6 Å². The Morgan fingerprint density at radius 3 is 2.34 bits per heavy atom. The predicted molar refractivity (Wildman–Crippen MR) is 106 cm³/mol. The molecule has 14 nitrogen and oxygen atoms in total. The quantitative estimate of drug-likeness (QED) is 0.352. The molecule has 180 valence electrons. The minimum Gasteiger partial charge on any atom is -0.444 e. The molecular weight excluding hydrogens is 450 g/mol. The lowest BCUT2D eigenvalue weighted by molar-refractivity contribution is -0.133. The highest BCUT2D eigenvalue weighted by Crippen LogP contribution is 2.30. The van der Waals surface area contributed by atoms with Crippen LogP contribution in [0.25, 0.3) is 0 Å². The van der Waals surface area contributed by atoms with Crippen LogP contribution in [0.2, 0.25) is 0 Å². The maximum absolute atomic E-state index is 12.5. The molecule has 0 aliphatic carbocycles. The second-order valence-corrected chi connectivity index (χ2v) is 9.90. The Bertz CT molecular complexity index is 903. The van der Waals surface area contributed by atoms with Crippen molar-refractivity contribution >= 4 is 34.3 Å². The fraction of sp³-hybridized carbons (Fsp3) is 0.765. The maximum Gasteiger partial charge on any atom is 0.418 e. The second kappa shape index (κ2) is 8.71. The topological polar surface area (TPSA) is 175 Å². The molecule has 0 aromatic heterocycles. The van der Waals surface area contributed by atoms with Crippen molar-refractivity contribution in [3.63, 3.8) is 0 Å². The first-order valence-electron chi connectivity index (χ1n) is 10.1. The lowest BCUT2D eigenvalue weighted by Crippen LogP contribution is -2.55. The first kappa shape index (κ1) is 24.0. The van der Waals surface area contributed by atoms with Gasteiger partial charge < -0.3 is 14.5 Å². The molecule has 0 saturated carbocycles. The van der Waals surface area contributed by atoms with Gasteiger partial charge >= 0.3 is 22.5 Å². The van der Waals surface area contributed by atoms with Crippen LogP contribution in [0, 0.1) is 5.92 Å². The van der Waals surface area contributed by atoms with Gasteiger partial charge in [0.2, 0.25) is 5.91 Å². The van der Waals surface area contributed by atoms with Crippen LogP contribution >= 0.6 is 0 Å². The fourth-order valence-electron chi connectivity index (χ4n) is 3.88. The summed E-state index contributed by atoms with van der Waals surface area (Å²) < 4.78 is 40.3. The summed E-state index contributed by atoms with van der Waals surface area (Å²) in [7, 11) is -4.88. The monoisotopic (exact) mass is 477 g/mol. The molecule has 3 saturated heterocycles. The van der Waals surface area contributed by atoms with E-state index in [9.17, 15) is 27.6 Å².